The van der Waals surface area contributed by atoms with Gasteiger partial charge < -0.3 is 4.90 Å². The van der Waals surface area contributed by atoms with Gasteiger partial charge in [-0.15, -0.1) is 11.3 Å². The quantitative estimate of drug-likeness (QED) is 0.851. The molecule has 1 unspecified atom stereocenters. The Labute approximate surface area is 142 Å². The summed E-state index contributed by atoms with van der Waals surface area (Å²) in [6.45, 7) is 3.05. The predicted octanol–water partition coefficient (Wildman–Crippen LogP) is 2.38. The van der Waals surface area contributed by atoms with Gasteiger partial charge in [0.15, 0.2) is 0 Å². The number of hydrogen-bond donors (Lipinski definition) is 1. The van der Waals surface area contributed by atoms with Gasteiger partial charge in [0.25, 0.3) is 0 Å². The zero-order chi connectivity index (χ0) is 16.4. The molecule has 5 nitrogen and oxygen atoms in total. The normalized spacial score (nSPS) is 23.1. The van der Waals surface area contributed by atoms with Crippen LogP contribution in [0.3, 0.4) is 0 Å². The van der Waals surface area contributed by atoms with Crippen LogP contribution in [0.25, 0.3) is 0 Å². The molecule has 128 valence electrons. The van der Waals surface area contributed by atoms with Crippen molar-refractivity contribution >= 4 is 27.3 Å². The van der Waals surface area contributed by atoms with E-state index < -0.39 is 10.0 Å². The maximum absolute atomic E-state index is 12.3. The maximum Gasteiger partial charge on any atom is 0.250 e. The van der Waals surface area contributed by atoms with Crippen molar-refractivity contribution in [2.45, 2.75) is 55.7 Å². The molecule has 2 heterocycles. The van der Waals surface area contributed by atoms with Crippen LogP contribution in [0.15, 0.2) is 16.3 Å². The molecule has 0 bridgehead atoms. The van der Waals surface area contributed by atoms with Gasteiger partial charge in [0, 0.05) is 30.4 Å². The highest BCUT2D eigenvalue weighted by atomic mass is 32.2. The highest BCUT2D eigenvalue weighted by Crippen LogP contribution is 2.29. The Kier molecular flexibility index (Phi) is 5.08. The molecule has 0 aromatic carbocycles. The average molecular weight is 357 g/mol. The zero-order valence-corrected chi connectivity index (χ0v) is 15.1. The minimum Gasteiger partial charge on any atom is -0.339 e. The van der Waals surface area contributed by atoms with Gasteiger partial charge in [-0.3, -0.25) is 4.79 Å². The summed E-state index contributed by atoms with van der Waals surface area (Å²) in [6, 6.07) is 3.91. The Hall–Kier alpha value is -0.920. The smallest absolute Gasteiger partial charge is 0.250 e. The summed E-state index contributed by atoms with van der Waals surface area (Å²) in [7, 11) is -3.45. The number of amides is 1. The minimum atomic E-state index is -3.45. The van der Waals surface area contributed by atoms with Crippen LogP contribution < -0.4 is 4.72 Å². The first-order chi connectivity index (χ1) is 11.0. The van der Waals surface area contributed by atoms with E-state index in [1.165, 1.54) is 24.2 Å². The van der Waals surface area contributed by atoms with Crippen LogP contribution in [0.2, 0.25) is 0 Å². The van der Waals surface area contributed by atoms with Crippen molar-refractivity contribution < 1.29 is 13.2 Å². The summed E-state index contributed by atoms with van der Waals surface area (Å²) < 4.78 is 27.7. The zero-order valence-electron chi connectivity index (χ0n) is 13.5. The predicted molar refractivity (Wildman–Crippen MR) is 91.0 cm³/mol. The van der Waals surface area contributed by atoms with E-state index in [1.807, 2.05) is 17.9 Å². The fourth-order valence-corrected chi connectivity index (χ4v) is 5.96. The van der Waals surface area contributed by atoms with Crippen LogP contribution >= 0.6 is 11.3 Å². The number of likely N-dealkylation sites (tertiary alicyclic amines) is 1. The molecule has 1 aromatic rings. The van der Waals surface area contributed by atoms with E-state index in [9.17, 15) is 13.2 Å². The van der Waals surface area contributed by atoms with Crippen LogP contribution in [0.1, 0.15) is 43.9 Å². The van der Waals surface area contributed by atoms with Gasteiger partial charge in [0.1, 0.15) is 4.21 Å². The molecule has 23 heavy (non-hydrogen) atoms. The highest BCUT2D eigenvalue weighted by Gasteiger charge is 2.35. The van der Waals surface area contributed by atoms with E-state index in [-0.39, 0.29) is 11.8 Å². The molecule has 2 fully saturated rings. The van der Waals surface area contributed by atoms with Crippen molar-refractivity contribution in [2.24, 2.45) is 5.92 Å². The summed E-state index contributed by atoms with van der Waals surface area (Å²) in [4.78, 5) is 15.2. The van der Waals surface area contributed by atoms with E-state index >= 15 is 0 Å². The van der Waals surface area contributed by atoms with Crippen LogP contribution in [-0.4, -0.2) is 38.4 Å². The maximum atomic E-state index is 12.3. The first-order valence-electron chi connectivity index (χ1n) is 8.37. The van der Waals surface area contributed by atoms with E-state index in [0.717, 1.165) is 24.1 Å². The lowest BCUT2D eigenvalue weighted by atomic mass is 10.1. The number of carbonyl (C=O) groups is 1. The molecule has 7 heteroatoms. The molecule has 0 radical (unpaired) electrons. The van der Waals surface area contributed by atoms with E-state index in [0.29, 0.717) is 29.8 Å². The van der Waals surface area contributed by atoms with Gasteiger partial charge in [-0.05, 0) is 37.3 Å². The fourth-order valence-electron chi connectivity index (χ4n) is 3.51. The third-order valence-corrected chi connectivity index (χ3v) is 7.96. The van der Waals surface area contributed by atoms with Gasteiger partial charge in [-0.25, -0.2) is 13.1 Å². The van der Waals surface area contributed by atoms with Crippen molar-refractivity contribution in [3.8, 4) is 0 Å². The second-order valence-corrected chi connectivity index (χ2v) is 9.64. The molecule has 1 saturated heterocycles. The van der Waals surface area contributed by atoms with Crippen LogP contribution in [0.5, 0.6) is 0 Å². The van der Waals surface area contributed by atoms with Crippen molar-refractivity contribution in [1.29, 1.82) is 0 Å². The Balaban J connectivity index is 1.57. The summed E-state index contributed by atoms with van der Waals surface area (Å²) in [5.41, 5.74) is 0. The number of rotatable bonds is 6. The topological polar surface area (TPSA) is 66.5 Å². The standard InChI is InChI=1S/C16H24N2O3S2/c1-2-14-7-8-16(22-14)23(20,21)17-10-12-9-15(19)18(11-12)13-5-3-4-6-13/h7-8,12-13,17H,2-6,9-11H2,1H3. The van der Waals surface area contributed by atoms with E-state index in [2.05, 4.69) is 4.72 Å². The molecule has 2 aliphatic rings. The number of nitrogens with one attached hydrogen (secondary N) is 1. The number of thiophene rings is 1. The Morgan fingerprint density at radius 3 is 2.70 bits per heavy atom. The molecule has 0 spiro atoms. The van der Waals surface area contributed by atoms with Gasteiger partial charge in [0.2, 0.25) is 15.9 Å². The second-order valence-electron chi connectivity index (χ2n) is 6.48. The van der Waals surface area contributed by atoms with Crippen molar-refractivity contribution in [1.82, 2.24) is 9.62 Å². The molecular weight excluding hydrogens is 332 g/mol. The molecule has 1 saturated carbocycles. The number of nitrogens with zero attached hydrogens (tertiary/aromatic N) is 1. The Bertz CT molecular complexity index is 663. The SMILES string of the molecule is CCc1ccc(S(=O)(=O)NCC2CC(=O)N(C3CCCC3)C2)s1. The van der Waals surface area contributed by atoms with E-state index in [1.54, 1.807) is 6.07 Å². The second kappa shape index (κ2) is 6.91. The molecule has 1 aliphatic heterocycles. The van der Waals surface area contributed by atoms with Crippen LogP contribution in [0, 0.1) is 5.92 Å². The number of hydrogen-bond acceptors (Lipinski definition) is 4. The molecule has 1 N–H and O–H groups in total. The number of carbonyl (C=O) groups excluding carboxylic acids is 1. The van der Waals surface area contributed by atoms with Gasteiger partial charge in [-0.1, -0.05) is 19.8 Å². The van der Waals surface area contributed by atoms with Gasteiger partial charge in [0.05, 0.1) is 0 Å². The first kappa shape index (κ1) is 16.9. The molecule has 3 rings (SSSR count). The third-order valence-electron chi connectivity index (χ3n) is 4.82. The summed E-state index contributed by atoms with van der Waals surface area (Å²) in [6.07, 6.45) is 5.89. The lowest BCUT2D eigenvalue weighted by molar-refractivity contribution is -0.129. The largest absolute Gasteiger partial charge is 0.339 e. The monoisotopic (exact) mass is 356 g/mol. The van der Waals surface area contributed by atoms with Gasteiger partial charge >= 0.3 is 0 Å². The lowest BCUT2D eigenvalue weighted by Gasteiger charge is -2.24. The van der Waals surface area contributed by atoms with Crippen molar-refractivity contribution in [2.75, 3.05) is 13.1 Å². The number of aryl methyl sites for hydroxylation is 1. The molecule has 1 amide bonds. The number of sulfonamides is 1. The highest BCUT2D eigenvalue weighted by molar-refractivity contribution is 7.91. The van der Waals surface area contributed by atoms with Crippen molar-refractivity contribution in [3.63, 3.8) is 0 Å². The minimum absolute atomic E-state index is 0.0866. The molecule has 1 aliphatic carbocycles. The summed E-state index contributed by atoms with van der Waals surface area (Å²) in [5.74, 6) is 0.272. The summed E-state index contributed by atoms with van der Waals surface area (Å²) >= 11 is 1.32. The average Bonchev–Trinajstić information content (AvgIpc) is 3.25. The molecule has 1 aromatic heterocycles. The Morgan fingerprint density at radius 2 is 2.04 bits per heavy atom. The van der Waals surface area contributed by atoms with Crippen LogP contribution in [-0.2, 0) is 21.2 Å². The molecule has 1 atom stereocenters. The third kappa shape index (κ3) is 3.78. The fraction of sp³-hybridized carbons (Fsp3) is 0.688. The first-order valence-corrected chi connectivity index (χ1v) is 10.7. The lowest BCUT2D eigenvalue weighted by Crippen LogP contribution is -2.35. The van der Waals surface area contributed by atoms with E-state index in [4.69, 9.17) is 0 Å². The Morgan fingerprint density at radius 1 is 1.30 bits per heavy atom. The van der Waals surface area contributed by atoms with Gasteiger partial charge in [-0.2, -0.15) is 0 Å². The van der Waals surface area contributed by atoms with Crippen LogP contribution in [0.4, 0.5) is 0 Å². The summed E-state index contributed by atoms with van der Waals surface area (Å²) in [5, 5.41) is 0. The molecular formula is C16H24N2O3S2. The van der Waals surface area contributed by atoms with Crippen molar-refractivity contribution in [3.05, 3.63) is 17.0 Å².